The van der Waals surface area contributed by atoms with Gasteiger partial charge in [0.2, 0.25) is 0 Å². The smallest absolute Gasteiger partial charge is 0.292 e. The fourth-order valence-corrected chi connectivity index (χ4v) is 1.99. The fraction of sp³-hybridized carbons (Fsp3) is 0.143. The van der Waals surface area contributed by atoms with Crippen molar-refractivity contribution in [3.05, 3.63) is 63.9 Å². The first-order chi connectivity index (χ1) is 9.36. The SMILES string of the molecule is O=C(Cc1ccc(C(F)(F)F)cc1)c1cccc(Br)n1. The van der Waals surface area contributed by atoms with Crippen molar-refractivity contribution < 1.29 is 18.0 Å². The lowest BCUT2D eigenvalue weighted by molar-refractivity contribution is -0.137. The van der Waals surface area contributed by atoms with Gasteiger partial charge >= 0.3 is 6.18 Å². The molecule has 0 spiro atoms. The van der Waals surface area contributed by atoms with Crippen LogP contribution in [0.3, 0.4) is 0 Å². The number of Topliss-reactive ketones (excluding diaryl/α,β-unsaturated/α-hetero) is 1. The molecular weight excluding hydrogens is 335 g/mol. The molecule has 1 aromatic heterocycles. The van der Waals surface area contributed by atoms with Crippen LogP contribution in [0.2, 0.25) is 0 Å². The van der Waals surface area contributed by atoms with Gasteiger partial charge in [0.05, 0.1) is 5.56 Å². The zero-order chi connectivity index (χ0) is 14.8. The first-order valence-electron chi connectivity index (χ1n) is 5.68. The normalized spacial score (nSPS) is 11.4. The highest BCUT2D eigenvalue weighted by atomic mass is 79.9. The number of nitrogens with zero attached hydrogens (tertiary/aromatic N) is 1. The van der Waals surface area contributed by atoms with Crippen LogP contribution in [0.25, 0.3) is 0 Å². The van der Waals surface area contributed by atoms with E-state index in [0.717, 1.165) is 12.1 Å². The van der Waals surface area contributed by atoms with Crippen LogP contribution in [0.5, 0.6) is 0 Å². The van der Waals surface area contributed by atoms with Crippen molar-refractivity contribution in [2.45, 2.75) is 12.6 Å². The average Bonchev–Trinajstić information content (AvgIpc) is 2.38. The maximum Gasteiger partial charge on any atom is 0.416 e. The Bertz CT molecular complexity index is 623. The van der Waals surface area contributed by atoms with E-state index in [2.05, 4.69) is 20.9 Å². The predicted octanol–water partition coefficient (Wildman–Crippen LogP) is 4.29. The number of halogens is 4. The van der Waals surface area contributed by atoms with E-state index in [-0.39, 0.29) is 17.9 Å². The van der Waals surface area contributed by atoms with Gasteiger partial charge < -0.3 is 0 Å². The summed E-state index contributed by atoms with van der Waals surface area (Å²) in [5.74, 6) is -0.244. The molecule has 0 amide bonds. The van der Waals surface area contributed by atoms with Crippen LogP contribution < -0.4 is 0 Å². The van der Waals surface area contributed by atoms with Gasteiger partial charge in [-0.1, -0.05) is 18.2 Å². The van der Waals surface area contributed by atoms with E-state index >= 15 is 0 Å². The minimum absolute atomic E-state index is 0.0155. The Hall–Kier alpha value is -1.69. The van der Waals surface area contributed by atoms with Crippen LogP contribution in [0.1, 0.15) is 21.6 Å². The van der Waals surface area contributed by atoms with Gasteiger partial charge in [-0.05, 0) is 45.8 Å². The molecule has 20 heavy (non-hydrogen) atoms. The summed E-state index contributed by atoms with van der Waals surface area (Å²) in [6, 6.07) is 9.48. The van der Waals surface area contributed by atoms with Crippen LogP contribution in [-0.2, 0) is 12.6 Å². The van der Waals surface area contributed by atoms with E-state index in [1.807, 2.05) is 0 Å². The summed E-state index contributed by atoms with van der Waals surface area (Å²) in [7, 11) is 0. The van der Waals surface area contributed by atoms with Gasteiger partial charge in [0.1, 0.15) is 10.3 Å². The lowest BCUT2D eigenvalue weighted by atomic mass is 10.0. The minimum atomic E-state index is -4.37. The molecule has 0 saturated carbocycles. The fourth-order valence-electron chi connectivity index (χ4n) is 1.65. The van der Waals surface area contributed by atoms with E-state index < -0.39 is 11.7 Å². The van der Waals surface area contributed by atoms with Crippen molar-refractivity contribution in [1.29, 1.82) is 0 Å². The van der Waals surface area contributed by atoms with Crippen molar-refractivity contribution in [2.75, 3.05) is 0 Å². The van der Waals surface area contributed by atoms with Crippen molar-refractivity contribution >= 4 is 21.7 Å². The Morgan fingerprint density at radius 2 is 1.75 bits per heavy atom. The van der Waals surface area contributed by atoms with Crippen LogP contribution in [0.4, 0.5) is 13.2 Å². The molecule has 1 heterocycles. The number of pyridine rings is 1. The number of hydrogen-bond donors (Lipinski definition) is 0. The van der Waals surface area contributed by atoms with Gasteiger partial charge in [-0.3, -0.25) is 4.79 Å². The molecule has 104 valence electrons. The minimum Gasteiger partial charge on any atom is -0.292 e. The number of alkyl halides is 3. The summed E-state index contributed by atoms with van der Waals surface area (Å²) >= 11 is 3.16. The number of ketones is 1. The van der Waals surface area contributed by atoms with Crippen LogP contribution in [0, 0.1) is 0 Å². The molecule has 0 aliphatic carbocycles. The number of rotatable bonds is 3. The van der Waals surface area contributed by atoms with E-state index in [1.54, 1.807) is 18.2 Å². The largest absolute Gasteiger partial charge is 0.416 e. The quantitative estimate of drug-likeness (QED) is 0.614. The van der Waals surface area contributed by atoms with Crippen molar-refractivity contribution in [3.8, 4) is 0 Å². The van der Waals surface area contributed by atoms with Gasteiger partial charge in [0.15, 0.2) is 5.78 Å². The third-order valence-corrected chi connectivity index (χ3v) is 3.09. The van der Waals surface area contributed by atoms with Crippen LogP contribution in [0.15, 0.2) is 47.1 Å². The number of hydrogen-bond acceptors (Lipinski definition) is 2. The third-order valence-electron chi connectivity index (χ3n) is 2.65. The molecule has 0 atom stereocenters. The van der Waals surface area contributed by atoms with Gasteiger partial charge in [0, 0.05) is 6.42 Å². The highest BCUT2D eigenvalue weighted by Gasteiger charge is 2.29. The molecule has 0 aliphatic rings. The second-order valence-corrected chi connectivity index (χ2v) is 4.95. The van der Waals surface area contributed by atoms with Crippen molar-refractivity contribution in [2.24, 2.45) is 0 Å². The Kier molecular flexibility index (Phi) is 4.23. The summed E-state index contributed by atoms with van der Waals surface area (Å²) in [4.78, 5) is 16.0. The maximum atomic E-state index is 12.4. The molecule has 0 unspecified atom stereocenters. The Labute approximate surface area is 121 Å². The average molecular weight is 344 g/mol. The van der Waals surface area contributed by atoms with Gasteiger partial charge in [-0.15, -0.1) is 0 Å². The van der Waals surface area contributed by atoms with Gasteiger partial charge in [0.25, 0.3) is 0 Å². The van der Waals surface area contributed by atoms with E-state index in [1.165, 1.54) is 12.1 Å². The van der Waals surface area contributed by atoms with Crippen LogP contribution in [-0.4, -0.2) is 10.8 Å². The maximum absolute atomic E-state index is 12.4. The van der Waals surface area contributed by atoms with E-state index in [4.69, 9.17) is 0 Å². The number of benzene rings is 1. The molecule has 2 nitrogen and oxygen atoms in total. The van der Waals surface area contributed by atoms with E-state index in [0.29, 0.717) is 10.2 Å². The van der Waals surface area contributed by atoms with Gasteiger partial charge in [-0.25, -0.2) is 4.98 Å². The Balaban J connectivity index is 2.12. The lowest BCUT2D eigenvalue weighted by Crippen LogP contribution is -2.08. The topological polar surface area (TPSA) is 30.0 Å². The second-order valence-electron chi connectivity index (χ2n) is 4.14. The van der Waals surface area contributed by atoms with Crippen molar-refractivity contribution in [1.82, 2.24) is 4.98 Å². The second kappa shape index (κ2) is 5.75. The molecule has 6 heteroatoms. The molecular formula is C14H9BrF3NO. The molecule has 0 radical (unpaired) electrons. The van der Waals surface area contributed by atoms with E-state index in [9.17, 15) is 18.0 Å². The molecule has 1 aromatic carbocycles. The zero-order valence-corrected chi connectivity index (χ0v) is 11.7. The summed E-state index contributed by atoms with van der Waals surface area (Å²) in [5, 5.41) is 0. The monoisotopic (exact) mass is 343 g/mol. The summed E-state index contributed by atoms with van der Waals surface area (Å²) in [5.41, 5.74) is 0.0679. The Morgan fingerprint density at radius 3 is 2.30 bits per heavy atom. The summed E-state index contributed by atoms with van der Waals surface area (Å²) in [6.07, 6.45) is -4.35. The molecule has 0 bridgehead atoms. The number of aromatic nitrogens is 1. The van der Waals surface area contributed by atoms with Crippen LogP contribution >= 0.6 is 15.9 Å². The predicted molar refractivity (Wildman–Crippen MR) is 71.4 cm³/mol. The van der Waals surface area contributed by atoms with Crippen molar-refractivity contribution in [3.63, 3.8) is 0 Å². The molecule has 2 rings (SSSR count). The summed E-state index contributed by atoms with van der Waals surface area (Å²) in [6.45, 7) is 0. The molecule has 0 N–H and O–H groups in total. The molecule has 0 aliphatic heterocycles. The first kappa shape index (κ1) is 14.7. The van der Waals surface area contributed by atoms with Gasteiger partial charge in [-0.2, -0.15) is 13.2 Å². The third kappa shape index (κ3) is 3.66. The lowest BCUT2D eigenvalue weighted by Gasteiger charge is -2.07. The molecule has 0 fully saturated rings. The number of carbonyl (C=O) groups is 1. The molecule has 2 aromatic rings. The summed E-state index contributed by atoms with van der Waals surface area (Å²) < 4.78 is 37.8. The highest BCUT2D eigenvalue weighted by Crippen LogP contribution is 2.29. The standard InChI is InChI=1S/C14H9BrF3NO/c15-13-3-1-2-11(19-13)12(20)8-9-4-6-10(7-5-9)14(16,17)18/h1-7H,8H2. The highest BCUT2D eigenvalue weighted by molar-refractivity contribution is 9.10. The zero-order valence-electron chi connectivity index (χ0n) is 10.1. The molecule has 0 saturated heterocycles. The number of carbonyl (C=O) groups excluding carboxylic acids is 1. The first-order valence-corrected chi connectivity index (χ1v) is 6.47. The Morgan fingerprint density at radius 1 is 1.10 bits per heavy atom.